The summed E-state index contributed by atoms with van der Waals surface area (Å²) in [6.07, 6.45) is 8.12. The van der Waals surface area contributed by atoms with Crippen LogP contribution >= 0.6 is 20.0 Å². The van der Waals surface area contributed by atoms with Gasteiger partial charge in [-0.2, -0.15) is 0 Å². The quantitative estimate of drug-likeness (QED) is 0.199. The Morgan fingerprint density at radius 1 is 0.605 bits per heavy atom. The molecule has 7 heteroatoms. The molecule has 0 aromatic heterocycles. The summed E-state index contributed by atoms with van der Waals surface area (Å²) in [6.45, 7) is 8.37. The Bertz CT molecular complexity index is 1610. The standard InChI is InChI=1S/C36H36Cl2GeN2O2/c1-23-17-27-21-40-33-15-9-10-16-34(33)41-22-28-18-24(2)20-32(30-14-8-6-12-26(30)4)36(28)43-39(37,38)42-35(27)31(19-23)29-13-7-5-11-25(29)3/h5-8,11-14,17-22,33-34H,9-10,15-16H2,1-4H3/t33-,34-/m1/s1. The van der Waals surface area contributed by atoms with Gasteiger partial charge < -0.3 is 0 Å². The number of rotatable bonds is 2. The molecule has 2 aliphatic rings. The van der Waals surface area contributed by atoms with Crippen molar-refractivity contribution >= 4 is 44.5 Å². The Hall–Kier alpha value is -3.06. The van der Waals surface area contributed by atoms with Gasteiger partial charge in [0.05, 0.1) is 0 Å². The van der Waals surface area contributed by atoms with Crippen molar-refractivity contribution in [1.29, 1.82) is 0 Å². The first-order chi connectivity index (χ1) is 20.7. The Labute approximate surface area is 266 Å². The summed E-state index contributed by atoms with van der Waals surface area (Å²) in [4.78, 5) is 10.2. The summed E-state index contributed by atoms with van der Waals surface area (Å²) in [5.74, 6) is 1.21. The second-order valence-corrected chi connectivity index (χ2v) is 20.7. The second kappa shape index (κ2) is 12.5. The average molecular weight is 672 g/mol. The molecule has 0 radical (unpaired) electrons. The van der Waals surface area contributed by atoms with Crippen LogP contribution in [0.15, 0.2) is 82.8 Å². The van der Waals surface area contributed by atoms with Crippen LogP contribution in [-0.2, 0) is 0 Å². The molecule has 0 N–H and O–H groups in total. The number of benzene rings is 4. The number of nitrogens with zero attached hydrogens (tertiary/aromatic N) is 2. The summed E-state index contributed by atoms with van der Waals surface area (Å²) in [7, 11) is 14.4. The van der Waals surface area contributed by atoms with Gasteiger partial charge in [-0.3, -0.25) is 0 Å². The van der Waals surface area contributed by atoms with Crippen LogP contribution in [0.3, 0.4) is 0 Å². The van der Waals surface area contributed by atoms with Gasteiger partial charge in [0.1, 0.15) is 0 Å². The minimum absolute atomic E-state index is 0.0735. The molecule has 0 bridgehead atoms. The van der Waals surface area contributed by atoms with Crippen LogP contribution in [0.2, 0.25) is 0 Å². The molecule has 43 heavy (non-hydrogen) atoms. The minimum atomic E-state index is -4.54. The van der Waals surface area contributed by atoms with Crippen molar-refractivity contribution in [3.05, 3.63) is 106 Å². The zero-order valence-electron chi connectivity index (χ0n) is 25.0. The molecule has 4 nitrogen and oxygen atoms in total. The first kappa shape index (κ1) is 30.0. The van der Waals surface area contributed by atoms with Crippen LogP contribution in [-0.4, -0.2) is 36.6 Å². The van der Waals surface area contributed by atoms with Gasteiger partial charge in [-0.1, -0.05) is 0 Å². The summed E-state index contributed by atoms with van der Waals surface area (Å²) >= 11 is -4.54. The molecule has 2 atom stereocenters. The Morgan fingerprint density at radius 3 is 1.44 bits per heavy atom. The molecule has 0 unspecified atom stereocenters. The van der Waals surface area contributed by atoms with E-state index in [-0.39, 0.29) is 12.1 Å². The summed E-state index contributed by atoms with van der Waals surface area (Å²) in [5.41, 5.74) is 10.1. The third kappa shape index (κ3) is 6.57. The molecule has 0 spiro atoms. The van der Waals surface area contributed by atoms with E-state index in [9.17, 15) is 0 Å². The van der Waals surface area contributed by atoms with Gasteiger partial charge in [-0.15, -0.1) is 0 Å². The molecule has 1 heterocycles. The van der Waals surface area contributed by atoms with Crippen LogP contribution in [0.4, 0.5) is 0 Å². The fraction of sp³-hybridized carbons (Fsp3) is 0.278. The first-order valence-corrected chi connectivity index (χ1v) is 22.1. The predicted molar refractivity (Wildman–Crippen MR) is 183 cm³/mol. The van der Waals surface area contributed by atoms with Crippen molar-refractivity contribution in [2.24, 2.45) is 9.98 Å². The third-order valence-corrected chi connectivity index (χ3v) is 11.8. The number of halogens is 2. The van der Waals surface area contributed by atoms with Crippen molar-refractivity contribution in [3.8, 4) is 33.8 Å². The fourth-order valence-corrected chi connectivity index (χ4v) is 9.87. The van der Waals surface area contributed by atoms with E-state index in [1.165, 1.54) is 0 Å². The Morgan fingerprint density at radius 2 is 1.02 bits per heavy atom. The van der Waals surface area contributed by atoms with Crippen LogP contribution in [0.1, 0.15) is 59.1 Å². The van der Waals surface area contributed by atoms with Gasteiger partial charge in [-0.25, -0.2) is 0 Å². The zero-order valence-corrected chi connectivity index (χ0v) is 28.6. The molecule has 1 fully saturated rings. The van der Waals surface area contributed by atoms with Gasteiger partial charge in [0.25, 0.3) is 0 Å². The van der Waals surface area contributed by atoms with Crippen molar-refractivity contribution < 1.29 is 7.53 Å². The van der Waals surface area contributed by atoms with Crippen LogP contribution in [0.25, 0.3) is 22.3 Å². The number of aliphatic imine (C=N–C) groups is 2. The molecule has 1 aliphatic heterocycles. The molecule has 1 aliphatic carbocycles. The third-order valence-electron chi connectivity index (χ3n) is 8.34. The number of hydrogen-bond acceptors (Lipinski definition) is 4. The van der Waals surface area contributed by atoms with Crippen molar-refractivity contribution in [2.45, 2.75) is 65.5 Å². The van der Waals surface area contributed by atoms with Gasteiger partial charge >= 0.3 is 267 Å². The molecule has 1 saturated carbocycles. The first-order valence-electron chi connectivity index (χ1n) is 14.9. The summed E-state index contributed by atoms with van der Waals surface area (Å²) < 4.78 is 13.4. The number of aryl methyl sites for hydroxylation is 4. The molecule has 6 rings (SSSR count). The molecule has 220 valence electrons. The van der Waals surface area contributed by atoms with Gasteiger partial charge in [-0.05, 0) is 0 Å². The van der Waals surface area contributed by atoms with E-state index in [4.69, 9.17) is 37.5 Å². The van der Waals surface area contributed by atoms with Crippen molar-refractivity contribution in [1.82, 2.24) is 0 Å². The predicted octanol–water partition coefficient (Wildman–Crippen LogP) is 9.79. The van der Waals surface area contributed by atoms with E-state index in [1.807, 2.05) is 36.7 Å². The SMILES string of the molecule is Cc1cc2c(c(-c3ccccc3C)c1)[O][Ge]([Cl])([Cl])[O]c1c(cc(C)cc1-c1ccccc1C)C=N[C@@H]1CCCC[C@H]1N=C2. The van der Waals surface area contributed by atoms with E-state index in [2.05, 4.69) is 76.2 Å². The van der Waals surface area contributed by atoms with Crippen molar-refractivity contribution in [2.75, 3.05) is 0 Å². The van der Waals surface area contributed by atoms with Gasteiger partial charge in [0.15, 0.2) is 0 Å². The topological polar surface area (TPSA) is 43.2 Å². The number of hydrogen-bond donors (Lipinski definition) is 0. The molecule has 0 amide bonds. The molecule has 4 aromatic carbocycles. The molecular weight excluding hydrogens is 636 g/mol. The van der Waals surface area contributed by atoms with Crippen LogP contribution < -0.4 is 7.53 Å². The van der Waals surface area contributed by atoms with E-state index in [0.29, 0.717) is 11.5 Å². The average Bonchev–Trinajstić information content (AvgIpc) is 2.98. The second-order valence-electron chi connectivity index (χ2n) is 11.7. The van der Waals surface area contributed by atoms with Crippen molar-refractivity contribution in [3.63, 3.8) is 0 Å². The van der Waals surface area contributed by atoms with E-state index < -0.39 is 12.1 Å². The Balaban J connectivity index is 1.59. The maximum absolute atomic E-state index is 7.18. The van der Waals surface area contributed by atoms with E-state index in [1.54, 1.807) is 0 Å². The molecule has 4 aromatic rings. The van der Waals surface area contributed by atoms with Gasteiger partial charge in [0.2, 0.25) is 0 Å². The zero-order chi connectivity index (χ0) is 30.1. The van der Waals surface area contributed by atoms with Crippen LogP contribution in [0.5, 0.6) is 11.5 Å². The molecule has 0 saturated heterocycles. The summed E-state index contributed by atoms with van der Waals surface area (Å²) in [6, 6.07) is 25.1. The van der Waals surface area contributed by atoms with E-state index >= 15 is 0 Å². The van der Waals surface area contributed by atoms with E-state index in [0.717, 1.165) is 81.3 Å². The van der Waals surface area contributed by atoms with Gasteiger partial charge in [0, 0.05) is 0 Å². The summed E-state index contributed by atoms with van der Waals surface area (Å²) in [5, 5.41) is 0. The fourth-order valence-electron chi connectivity index (χ4n) is 6.22. The molecular formula is C36H36Cl2GeN2O2. The monoisotopic (exact) mass is 672 g/mol. The number of fused-ring (bicyclic) bond motifs is 3. The van der Waals surface area contributed by atoms with Crippen LogP contribution in [0, 0.1) is 27.7 Å². The maximum atomic E-state index is 7.18. The Kier molecular flexibility index (Phi) is 8.73. The normalized spacial score (nSPS) is 19.4.